The SMILES string of the molecule is Cc1cc(C)c(S(=O)(=O)N(CC(=O)NC[C@H]2CCCO2)Cc2ccc(Cl)cc2)c(C)c1. The number of aryl methyl sites for hydroxylation is 3. The molecule has 0 bridgehead atoms. The Balaban J connectivity index is 1.86. The van der Waals surface area contributed by atoms with Crippen molar-refractivity contribution in [2.75, 3.05) is 19.7 Å². The molecule has 1 aliphatic rings. The van der Waals surface area contributed by atoms with E-state index in [2.05, 4.69) is 5.32 Å². The maximum Gasteiger partial charge on any atom is 0.244 e. The molecule has 1 atom stereocenters. The summed E-state index contributed by atoms with van der Waals surface area (Å²) in [7, 11) is -3.91. The molecule has 1 heterocycles. The van der Waals surface area contributed by atoms with Crippen LogP contribution in [0.2, 0.25) is 5.02 Å². The van der Waals surface area contributed by atoms with Crippen molar-refractivity contribution in [2.24, 2.45) is 0 Å². The smallest absolute Gasteiger partial charge is 0.244 e. The number of rotatable bonds is 8. The Kier molecular flexibility index (Phi) is 7.75. The Morgan fingerprint density at radius 1 is 1.16 bits per heavy atom. The maximum absolute atomic E-state index is 13.6. The van der Waals surface area contributed by atoms with E-state index in [1.807, 2.05) is 19.1 Å². The lowest BCUT2D eigenvalue weighted by Crippen LogP contribution is -2.42. The van der Waals surface area contributed by atoms with Crippen LogP contribution in [0.4, 0.5) is 0 Å². The Morgan fingerprint density at radius 3 is 2.39 bits per heavy atom. The number of hydrogen-bond donors (Lipinski definition) is 1. The molecule has 168 valence electrons. The molecule has 3 rings (SSSR count). The number of halogens is 1. The number of nitrogens with zero attached hydrogens (tertiary/aromatic N) is 1. The molecule has 1 N–H and O–H groups in total. The predicted octanol–water partition coefficient (Wildman–Crippen LogP) is 3.75. The minimum absolute atomic E-state index is 0.00754. The third kappa shape index (κ3) is 6.07. The van der Waals surface area contributed by atoms with Gasteiger partial charge in [0.15, 0.2) is 0 Å². The molecular formula is C23H29ClN2O4S. The highest BCUT2D eigenvalue weighted by molar-refractivity contribution is 7.89. The molecule has 1 amide bonds. The number of amides is 1. The number of ether oxygens (including phenoxy) is 1. The van der Waals surface area contributed by atoms with E-state index in [4.69, 9.17) is 16.3 Å². The second-order valence-corrected chi connectivity index (χ2v) is 10.4. The molecule has 1 aliphatic heterocycles. The molecule has 0 saturated carbocycles. The van der Waals surface area contributed by atoms with Crippen LogP contribution in [0.15, 0.2) is 41.3 Å². The van der Waals surface area contributed by atoms with Gasteiger partial charge in [-0.1, -0.05) is 41.4 Å². The van der Waals surface area contributed by atoms with E-state index in [9.17, 15) is 13.2 Å². The van der Waals surface area contributed by atoms with Crippen LogP contribution >= 0.6 is 11.6 Å². The minimum Gasteiger partial charge on any atom is -0.376 e. The minimum atomic E-state index is -3.91. The zero-order chi connectivity index (χ0) is 22.6. The summed E-state index contributed by atoms with van der Waals surface area (Å²) in [5.41, 5.74) is 3.08. The molecule has 8 heteroatoms. The fourth-order valence-corrected chi connectivity index (χ4v) is 5.89. The van der Waals surface area contributed by atoms with Crippen molar-refractivity contribution in [3.05, 3.63) is 63.7 Å². The second kappa shape index (κ2) is 10.1. The van der Waals surface area contributed by atoms with Gasteiger partial charge >= 0.3 is 0 Å². The molecule has 31 heavy (non-hydrogen) atoms. The average Bonchev–Trinajstić information content (AvgIpc) is 3.20. The summed E-state index contributed by atoms with van der Waals surface area (Å²) in [6.07, 6.45) is 1.87. The molecule has 0 aliphatic carbocycles. The zero-order valence-electron chi connectivity index (χ0n) is 18.2. The van der Waals surface area contributed by atoms with Crippen LogP contribution in [0, 0.1) is 20.8 Å². The highest BCUT2D eigenvalue weighted by Crippen LogP contribution is 2.26. The highest BCUT2D eigenvalue weighted by Gasteiger charge is 2.30. The molecule has 0 aromatic heterocycles. The first-order valence-corrected chi connectivity index (χ1v) is 12.2. The van der Waals surface area contributed by atoms with E-state index >= 15 is 0 Å². The van der Waals surface area contributed by atoms with Crippen LogP contribution in [0.3, 0.4) is 0 Å². The quantitative estimate of drug-likeness (QED) is 0.645. The normalized spacial score (nSPS) is 16.6. The van der Waals surface area contributed by atoms with E-state index in [-0.39, 0.29) is 30.0 Å². The Labute approximate surface area is 189 Å². The lowest BCUT2D eigenvalue weighted by Gasteiger charge is -2.24. The fraction of sp³-hybridized carbons (Fsp3) is 0.435. The molecule has 1 saturated heterocycles. The van der Waals surface area contributed by atoms with Crippen LogP contribution in [0.5, 0.6) is 0 Å². The molecule has 6 nitrogen and oxygen atoms in total. The Hall–Kier alpha value is -1.93. The van der Waals surface area contributed by atoms with Gasteiger partial charge < -0.3 is 10.1 Å². The van der Waals surface area contributed by atoms with Crippen LogP contribution < -0.4 is 5.32 Å². The van der Waals surface area contributed by atoms with Gasteiger partial charge in [0.25, 0.3) is 0 Å². The Morgan fingerprint density at radius 2 is 1.81 bits per heavy atom. The van der Waals surface area contributed by atoms with Crippen molar-refractivity contribution in [2.45, 2.75) is 51.2 Å². The van der Waals surface area contributed by atoms with E-state index in [0.29, 0.717) is 29.3 Å². The fourth-order valence-electron chi connectivity index (χ4n) is 3.97. The molecule has 1 fully saturated rings. The van der Waals surface area contributed by atoms with Gasteiger partial charge in [-0.05, 0) is 62.4 Å². The van der Waals surface area contributed by atoms with E-state index < -0.39 is 10.0 Å². The summed E-state index contributed by atoms with van der Waals surface area (Å²) in [4.78, 5) is 12.9. The van der Waals surface area contributed by atoms with Gasteiger partial charge in [0, 0.05) is 24.7 Å². The summed E-state index contributed by atoms with van der Waals surface area (Å²) < 4.78 is 34.1. The van der Waals surface area contributed by atoms with Crippen LogP contribution in [0.25, 0.3) is 0 Å². The zero-order valence-corrected chi connectivity index (χ0v) is 19.7. The third-order valence-corrected chi connectivity index (χ3v) is 7.70. The largest absolute Gasteiger partial charge is 0.376 e. The molecule has 0 unspecified atom stereocenters. The number of carbonyl (C=O) groups is 1. The summed E-state index contributed by atoms with van der Waals surface area (Å²) in [5.74, 6) is -0.351. The van der Waals surface area contributed by atoms with E-state index in [1.165, 1.54) is 4.31 Å². The third-order valence-electron chi connectivity index (χ3n) is 5.35. The monoisotopic (exact) mass is 464 g/mol. The number of carbonyl (C=O) groups excluding carboxylic acids is 1. The maximum atomic E-state index is 13.6. The average molecular weight is 465 g/mol. The van der Waals surface area contributed by atoms with Crippen molar-refractivity contribution in [3.8, 4) is 0 Å². The van der Waals surface area contributed by atoms with E-state index in [0.717, 1.165) is 24.0 Å². The summed E-state index contributed by atoms with van der Waals surface area (Å²) in [5, 5.41) is 3.39. The second-order valence-electron chi connectivity index (χ2n) is 8.07. The highest BCUT2D eigenvalue weighted by atomic mass is 35.5. The first kappa shape index (κ1) is 23.7. The number of nitrogens with one attached hydrogen (secondary N) is 1. The van der Waals surface area contributed by atoms with Crippen LogP contribution in [0.1, 0.15) is 35.1 Å². The van der Waals surface area contributed by atoms with E-state index in [1.54, 1.807) is 38.1 Å². The van der Waals surface area contributed by atoms with Gasteiger partial charge in [-0.3, -0.25) is 4.79 Å². The summed E-state index contributed by atoms with van der Waals surface area (Å²) in [6.45, 7) is 6.38. The predicted molar refractivity (Wildman–Crippen MR) is 122 cm³/mol. The van der Waals surface area contributed by atoms with Crippen molar-refractivity contribution in [3.63, 3.8) is 0 Å². The molecule has 2 aromatic rings. The number of hydrogen-bond acceptors (Lipinski definition) is 4. The number of benzene rings is 2. The lowest BCUT2D eigenvalue weighted by atomic mass is 10.1. The van der Waals surface area contributed by atoms with Gasteiger partial charge in [0.05, 0.1) is 17.5 Å². The first-order valence-electron chi connectivity index (χ1n) is 10.4. The summed E-state index contributed by atoms with van der Waals surface area (Å²) >= 11 is 5.97. The van der Waals surface area contributed by atoms with Crippen LogP contribution in [-0.4, -0.2) is 44.4 Å². The van der Waals surface area contributed by atoms with Gasteiger partial charge in [0.2, 0.25) is 15.9 Å². The number of sulfonamides is 1. The van der Waals surface area contributed by atoms with Crippen molar-refractivity contribution in [1.82, 2.24) is 9.62 Å². The van der Waals surface area contributed by atoms with Crippen LogP contribution in [-0.2, 0) is 26.1 Å². The lowest BCUT2D eigenvalue weighted by molar-refractivity contribution is -0.121. The van der Waals surface area contributed by atoms with Gasteiger partial charge in [0.1, 0.15) is 0 Å². The van der Waals surface area contributed by atoms with Gasteiger partial charge in [-0.15, -0.1) is 0 Å². The van der Waals surface area contributed by atoms with Gasteiger partial charge in [-0.2, -0.15) is 4.31 Å². The molecule has 0 radical (unpaired) electrons. The topological polar surface area (TPSA) is 75.7 Å². The van der Waals surface area contributed by atoms with Crippen molar-refractivity contribution in [1.29, 1.82) is 0 Å². The molecular weight excluding hydrogens is 436 g/mol. The molecule has 0 spiro atoms. The summed E-state index contributed by atoms with van der Waals surface area (Å²) in [6, 6.07) is 10.6. The standard InChI is InChI=1S/C23H29ClN2O4S/c1-16-11-17(2)23(18(3)12-16)31(28,29)26(14-19-6-8-20(24)9-7-19)15-22(27)25-13-21-5-4-10-30-21/h6-9,11-12,21H,4-5,10,13-15H2,1-3H3,(H,25,27)/t21-/m1/s1. The van der Waals surface area contributed by atoms with Crippen molar-refractivity contribution >= 4 is 27.5 Å². The van der Waals surface area contributed by atoms with Gasteiger partial charge in [-0.25, -0.2) is 8.42 Å². The first-order chi connectivity index (χ1) is 14.7. The van der Waals surface area contributed by atoms with Crippen molar-refractivity contribution < 1.29 is 17.9 Å². The molecule has 2 aromatic carbocycles. The Bertz CT molecular complexity index is 1010.